The first kappa shape index (κ1) is 16.9. The Bertz CT molecular complexity index is 787. The SMILES string of the molecule is C[C@@H](O)CNC(=O)c1nc(COc2ccc3c(c2)NC(=O)CC3)no1. The summed E-state index contributed by atoms with van der Waals surface area (Å²) in [6.07, 6.45) is 0.520. The maximum absolute atomic E-state index is 11.7. The Morgan fingerprint density at radius 3 is 3.12 bits per heavy atom. The molecule has 0 saturated heterocycles. The van der Waals surface area contributed by atoms with Gasteiger partial charge in [-0.3, -0.25) is 9.59 Å². The molecule has 2 heterocycles. The fourth-order valence-corrected chi connectivity index (χ4v) is 2.31. The molecule has 0 aliphatic carbocycles. The van der Waals surface area contributed by atoms with Gasteiger partial charge in [0.25, 0.3) is 0 Å². The van der Waals surface area contributed by atoms with Gasteiger partial charge in [-0.2, -0.15) is 4.98 Å². The standard InChI is InChI=1S/C16H18N4O5/c1-9(21)7-17-15(23)16-19-13(20-25-16)8-24-11-4-2-10-3-5-14(22)18-12(10)6-11/h2,4,6,9,21H,3,5,7-8H2,1H3,(H,17,23)(H,18,22)/t9-/m1/s1. The zero-order chi connectivity index (χ0) is 17.8. The second-order valence-corrected chi connectivity index (χ2v) is 5.73. The van der Waals surface area contributed by atoms with Crippen molar-refractivity contribution >= 4 is 17.5 Å². The van der Waals surface area contributed by atoms with E-state index in [1.54, 1.807) is 19.1 Å². The normalized spacial score (nSPS) is 14.4. The highest BCUT2D eigenvalue weighted by Gasteiger charge is 2.17. The summed E-state index contributed by atoms with van der Waals surface area (Å²) >= 11 is 0. The minimum absolute atomic E-state index is 0.0138. The second kappa shape index (κ2) is 7.31. The number of aryl methyl sites for hydroxylation is 1. The van der Waals surface area contributed by atoms with Gasteiger partial charge in [-0.15, -0.1) is 0 Å². The Morgan fingerprint density at radius 2 is 2.32 bits per heavy atom. The number of aliphatic hydroxyl groups excluding tert-OH is 1. The van der Waals surface area contributed by atoms with Crippen molar-refractivity contribution < 1.29 is 24.0 Å². The van der Waals surface area contributed by atoms with Gasteiger partial charge in [0.1, 0.15) is 5.75 Å². The largest absolute Gasteiger partial charge is 0.485 e. The maximum Gasteiger partial charge on any atom is 0.316 e. The molecule has 9 heteroatoms. The summed E-state index contributed by atoms with van der Waals surface area (Å²) in [5.74, 6) is -0.0152. The van der Waals surface area contributed by atoms with Gasteiger partial charge in [-0.05, 0) is 25.0 Å². The van der Waals surface area contributed by atoms with E-state index in [0.717, 1.165) is 11.3 Å². The maximum atomic E-state index is 11.7. The molecule has 0 bridgehead atoms. The molecule has 132 valence electrons. The molecule has 2 aromatic rings. The van der Waals surface area contributed by atoms with E-state index in [4.69, 9.17) is 14.4 Å². The van der Waals surface area contributed by atoms with Crippen molar-refractivity contribution in [2.75, 3.05) is 11.9 Å². The van der Waals surface area contributed by atoms with Crippen molar-refractivity contribution in [1.29, 1.82) is 0 Å². The summed E-state index contributed by atoms with van der Waals surface area (Å²) in [5.41, 5.74) is 1.80. The van der Waals surface area contributed by atoms with Crippen LogP contribution < -0.4 is 15.4 Å². The number of fused-ring (bicyclic) bond motifs is 1. The molecule has 25 heavy (non-hydrogen) atoms. The molecule has 0 fully saturated rings. The van der Waals surface area contributed by atoms with Crippen molar-refractivity contribution in [3.05, 3.63) is 35.5 Å². The van der Waals surface area contributed by atoms with Gasteiger partial charge >= 0.3 is 11.8 Å². The van der Waals surface area contributed by atoms with E-state index in [2.05, 4.69) is 20.8 Å². The minimum Gasteiger partial charge on any atom is -0.485 e. The number of amides is 2. The third-order valence-corrected chi connectivity index (χ3v) is 3.57. The molecule has 1 aromatic carbocycles. The molecule has 0 saturated carbocycles. The minimum atomic E-state index is -0.667. The van der Waals surface area contributed by atoms with Crippen LogP contribution >= 0.6 is 0 Å². The van der Waals surface area contributed by atoms with E-state index in [1.165, 1.54) is 0 Å². The number of aromatic nitrogens is 2. The molecule has 1 aliphatic rings. The van der Waals surface area contributed by atoms with E-state index in [-0.39, 0.29) is 30.8 Å². The summed E-state index contributed by atoms with van der Waals surface area (Å²) < 4.78 is 10.4. The van der Waals surface area contributed by atoms with Crippen molar-refractivity contribution in [1.82, 2.24) is 15.5 Å². The molecule has 0 radical (unpaired) electrons. The van der Waals surface area contributed by atoms with Crippen molar-refractivity contribution in [3.8, 4) is 5.75 Å². The Labute approximate surface area is 143 Å². The van der Waals surface area contributed by atoms with Crippen LogP contribution in [0.25, 0.3) is 0 Å². The predicted octanol–water partition coefficient (Wildman–Crippen LogP) is 0.644. The number of aliphatic hydroxyl groups is 1. The molecule has 3 N–H and O–H groups in total. The van der Waals surface area contributed by atoms with Gasteiger partial charge in [0.2, 0.25) is 11.7 Å². The average molecular weight is 346 g/mol. The molecule has 3 rings (SSSR count). The number of nitrogens with zero attached hydrogens (tertiary/aromatic N) is 2. The first-order chi connectivity index (χ1) is 12.0. The first-order valence-electron chi connectivity index (χ1n) is 7.85. The number of nitrogens with one attached hydrogen (secondary N) is 2. The molecule has 2 amide bonds. The summed E-state index contributed by atoms with van der Waals surface area (Å²) in [7, 11) is 0. The molecule has 0 spiro atoms. The van der Waals surface area contributed by atoms with Crippen molar-refractivity contribution in [3.63, 3.8) is 0 Å². The smallest absolute Gasteiger partial charge is 0.316 e. The van der Waals surface area contributed by atoms with E-state index in [9.17, 15) is 9.59 Å². The number of ether oxygens (including phenoxy) is 1. The quantitative estimate of drug-likeness (QED) is 0.700. The van der Waals surface area contributed by atoms with Crippen LogP contribution in [0.1, 0.15) is 35.4 Å². The molecule has 1 aromatic heterocycles. The lowest BCUT2D eigenvalue weighted by Crippen LogP contribution is -2.30. The van der Waals surface area contributed by atoms with E-state index in [0.29, 0.717) is 18.6 Å². The second-order valence-electron chi connectivity index (χ2n) is 5.73. The summed E-state index contributed by atoms with van der Waals surface area (Å²) in [4.78, 5) is 27.1. The number of hydrogen-bond donors (Lipinski definition) is 3. The Kier molecular flexibility index (Phi) is 4.94. The van der Waals surface area contributed by atoms with Crippen LogP contribution in [0.3, 0.4) is 0 Å². The highest BCUT2D eigenvalue weighted by Crippen LogP contribution is 2.27. The summed E-state index contributed by atoms with van der Waals surface area (Å²) in [6, 6.07) is 5.44. The van der Waals surface area contributed by atoms with Gasteiger partial charge < -0.3 is 25.0 Å². The molecule has 9 nitrogen and oxygen atoms in total. The third kappa shape index (κ3) is 4.32. The van der Waals surface area contributed by atoms with E-state index < -0.39 is 12.0 Å². The molecular formula is C16H18N4O5. The van der Waals surface area contributed by atoms with Crippen molar-refractivity contribution in [2.45, 2.75) is 32.5 Å². The number of carbonyl (C=O) groups excluding carboxylic acids is 2. The van der Waals surface area contributed by atoms with Crippen LogP contribution in [-0.2, 0) is 17.8 Å². The van der Waals surface area contributed by atoms with Crippen LogP contribution in [0, 0.1) is 0 Å². The van der Waals surface area contributed by atoms with E-state index in [1.807, 2.05) is 6.07 Å². The third-order valence-electron chi connectivity index (χ3n) is 3.57. The van der Waals surface area contributed by atoms with Crippen LogP contribution in [0.5, 0.6) is 5.75 Å². The Hall–Kier alpha value is -2.94. The average Bonchev–Trinajstić information content (AvgIpc) is 3.06. The molecule has 1 atom stereocenters. The van der Waals surface area contributed by atoms with Gasteiger partial charge in [0.05, 0.1) is 6.10 Å². The molecule has 0 unspecified atom stereocenters. The van der Waals surface area contributed by atoms with Crippen LogP contribution in [0.4, 0.5) is 5.69 Å². The topological polar surface area (TPSA) is 127 Å². The molecular weight excluding hydrogens is 328 g/mol. The number of anilines is 1. The van der Waals surface area contributed by atoms with Gasteiger partial charge in [-0.25, -0.2) is 0 Å². The predicted molar refractivity (Wildman–Crippen MR) is 86.0 cm³/mol. The lowest BCUT2D eigenvalue weighted by Gasteiger charge is -2.17. The van der Waals surface area contributed by atoms with Crippen molar-refractivity contribution in [2.24, 2.45) is 0 Å². The number of rotatable bonds is 6. The first-order valence-corrected chi connectivity index (χ1v) is 7.85. The lowest BCUT2D eigenvalue weighted by atomic mass is 10.0. The zero-order valence-electron chi connectivity index (χ0n) is 13.6. The monoisotopic (exact) mass is 346 g/mol. The molecule has 1 aliphatic heterocycles. The van der Waals surface area contributed by atoms with Gasteiger partial charge in [0.15, 0.2) is 6.61 Å². The Morgan fingerprint density at radius 1 is 1.48 bits per heavy atom. The summed E-state index contributed by atoms with van der Waals surface area (Å²) in [5, 5.41) is 18.1. The number of hydrogen-bond acceptors (Lipinski definition) is 7. The summed E-state index contributed by atoms with van der Waals surface area (Å²) in [6.45, 7) is 1.65. The lowest BCUT2D eigenvalue weighted by molar-refractivity contribution is -0.116. The fraction of sp³-hybridized carbons (Fsp3) is 0.375. The number of benzene rings is 1. The fourth-order valence-electron chi connectivity index (χ4n) is 2.31. The van der Waals surface area contributed by atoms with Gasteiger partial charge in [-0.1, -0.05) is 11.2 Å². The zero-order valence-corrected chi connectivity index (χ0v) is 13.6. The van der Waals surface area contributed by atoms with Crippen LogP contribution in [0.15, 0.2) is 22.7 Å². The van der Waals surface area contributed by atoms with Crippen LogP contribution in [-0.4, -0.2) is 39.7 Å². The Balaban J connectivity index is 1.58. The van der Waals surface area contributed by atoms with E-state index >= 15 is 0 Å². The van der Waals surface area contributed by atoms with Gasteiger partial charge in [0, 0.05) is 24.7 Å². The highest BCUT2D eigenvalue weighted by molar-refractivity contribution is 5.94. The number of carbonyl (C=O) groups is 2. The van der Waals surface area contributed by atoms with Crippen LogP contribution in [0.2, 0.25) is 0 Å². The highest BCUT2D eigenvalue weighted by atomic mass is 16.5.